The van der Waals surface area contributed by atoms with Crippen molar-refractivity contribution in [3.8, 4) is 6.07 Å². The lowest BCUT2D eigenvalue weighted by Crippen LogP contribution is -2.11. The number of nitrogens with zero attached hydrogens (tertiary/aromatic N) is 3. The van der Waals surface area contributed by atoms with Gasteiger partial charge in [0.15, 0.2) is 0 Å². The summed E-state index contributed by atoms with van der Waals surface area (Å²) in [5.41, 5.74) is 2.04. The topological polar surface area (TPSA) is 39.9 Å². The minimum absolute atomic E-state index is 0.458. The Hall–Kier alpha value is -1.50. The molecule has 1 heterocycles. The molecule has 17 heavy (non-hydrogen) atoms. The Labute approximate surface area is 109 Å². The lowest BCUT2D eigenvalue weighted by Gasteiger charge is -2.17. The van der Waals surface area contributed by atoms with Crippen LogP contribution in [0.2, 0.25) is 10.0 Å². The van der Waals surface area contributed by atoms with Crippen LogP contribution in [0.25, 0.3) is 10.9 Å². The average molecular weight is 266 g/mol. The van der Waals surface area contributed by atoms with Gasteiger partial charge in [0.25, 0.3) is 0 Å². The second-order valence-electron chi connectivity index (χ2n) is 3.81. The fourth-order valence-electron chi connectivity index (χ4n) is 1.74. The molecule has 0 fully saturated rings. The Morgan fingerprint density at radius 2 is 1.88 bits per heavy atom. The Balaban J connectivity index is 2.90. The molecule has 0 amide bonds. The SMILES string of the molecule is CN(C)c1c(C#N)cnc2cc(Cl)c(Cl)cc12. The van der Waals surface area contributed by atoms with Gasteiger partial charge in [-0.3, -0.25) is 4.98 Å². The fraction of sp³-hybridized carbons (Fsp3) is 0.167. The molecule has 0 aliphatic carbocycles. The van der Waals surface area contributed by atoms with E-state index in [-0.39, 0.29) is 0 Å². The largest absolute Gasteiger partial charge is 0.376 e. The summed E-state index contributed by atoms with van der Waals surface area (Å²) in [5, 5.41) is 10.8. The van der Waals surface area contributed by atoms with Crippen LogP contribution in [-0.2, 0) is 0 Å². The van der Waals surface area contributed by atoms with E-state index in [9.17, 15) is 0 Å². The van der Waals surface area contributed by atoms with Crippen molar-refractivity contribution in [2.24, 2.45) is 0 Å². The monoisotopic (exact) mass is 265 g/mol. The van der Waals surface area contributed by atoms with Gasteiger partial charge in [-0.1, -0.05) is 23.2 Å². The zero-order chi connectivity index (χ0) is 12.6. The van der Waals surface area contributed by atoms with Crippen molar-refractivity contribution >= 4 is 39.8 Å². The van der Waals surface area contributed by atoms with Crippen LogP contribution in [0, 0.1) is 11.3 Å². The minimum atomic E-state index is 0.458. The molecule has 1 aromatic carbocycles. The van der Waals surface area contributed by atoms with E-state index in [1.165, 1.54) is 0 Å². The van der Waals surface area contributed by atoms with Gasteiger partial charge < -0.3 is 4.90 Å². The molecule has 0 N–H and O–H groups in total. The zero-order valence-corrected chi connectivity index (χ0v) is 10.8. The third-order valence-corrected chi connectivity index (χ3v) is 3.17. The van der Waals surface area contributed by atoms with Gasteiger partial charge in [-0.25, -0.2) is 0 Å². The number of anilines is 1. The van der Waals surface area contributed by atoms with Crippen LogP contribution in [0.5, 0.6) is 0 Å². The lowest BCUT2D eigenvalue weighted by atomic mass is 10.1. The first-order chi connectivity index (χ1) is 8.04. The van der Waals surface area contributed by atoms with Crippen LogP contribution >= 0.6 is 23.2 Å². The van der Waals surface area contributed by atoms with E-state index in [0.717, 1.165) is 16.6 Å². The van der Waals surface area contributed by atoms with Gasteiger partial charge in [0.05, 0.1) is 26.8 Å². The summed E-state index contributed by atoms with van der Waals surface area (Å²) in [7, 11) is 3.75. The molecule has 0 radical (unpaired) electrons. The van der Waals surface area contributed by atoms with Crippen molar-refractivity contribution in [1.29, 1.82) is 5.26 Å². The molecular weight excluding hydrogens is 257 g/mol. The maximum Gasteiger partial charge on any atom is 0.103 e. The molecule has 0 atom stereocenters. The van der Waals surface area contributed by atoms with Crippen molar-refractivity contribution in [2.45, 2.75) is 0 Å². The molecule has 2 aromatic rings. The van der Waals surface area contributed by atoms with Crippen LogP contribution in [-0.4, -0.2) is 19.1 Å². The van der Waals surface area contributed by atoms with E-state index in [1.54, 1.807) is 18.3 Å². The molecule has 2 rings (SSSR count). The first kappa shape index (κ1) is 12.0. The fourth-order valence-corrected chi connectivity index (χ4v) is 2.06. The Kier molecular flexibility index (Phi) is 3.10. The molecular formula is C12H9Cl2N3. The molecule has 0 saturated heterocycles. The number of fused-ring (bicyclic) bond motifs is 1. The van der Waals surface area contributed by atoms with Crippen LogP contribution in [0.3, 0.4) is 0 Å². The maximum atomic E-state index is 9.07. The molecule has 0 spiro atoms. The minimum Gasteiger partial charge on any atom is -0.376 e. The summed E-state index contributed by atoms with van der Waals surface area (Å²) < 4.78 is 0. The van der Waals surface area contributed by atoms with Crippen molar-refractivity contribution in [2.75, 3.05) is 19.0 Å². The first-order valence-electron chi connectivity index (χ1n) is 4.89. The summed E-state index contributed by atoms with van der Waals surface area (Å²) >= 11 is 11.9. The van der Waals surface area contributed by atoms with Crippen molar-refractivity contribution in [3.63, 3.8) is 0 Å². The molecule has 0 unspecified atom stereocenters. The van der Waals surface area contributed by atoms with Gasteiger partial charge >= 0.3 is 0 Å². The quantitative estimate of drug-likeness (QED) is 0.793. The lowest BCUT2D eigenvalue weighted by molar-refractivity contribution is 1.13. The Morgan fingerprint density at radius 3 is 2.47 bits per heavy atom. The summed E-state index contributed by atoms with van der Waals surface area (Å²) in [4.78, 5) is 6.07. The average Bonchev–Trinajstić information content (AvgIpc) is 2.29. The number of hydrogen-bond donors (Lipinski definition) is 0. The molecule has 5 heteroatoms. The molecule has 0 saturated carbocycles. The van der Waals surface area contributed by atoms with Gasteiger partial charge in [-0.2, -0.15) is 5.26 Å². The standard InChI is InChI=1S/C12H9Cl2N3/c1-17(2)12-7(5-15)6-16-11-4-10(14)9(13)3-8(11)12/h3-4,6H,1-2H3. The summed E-state index contributed by atoms with van der Waals surface area (Å²) in [6, 6.07) is 5.56. The molecule has 0 aliphatic heterocycles. The molecule has 0 bridgehead atoms. The molecule has 86 valence electrons. The highest BCUT2D eigenvalue weighted by Crippen LogP contribution is 2.33. The first-order valence-corrected chi connectivity index (χ1v) is 5.65. The van der Waals surface area contributed by atoms with Crippen LogP contribution in [0.15, 0.2) is 18.3 Å². The van der Waals surface area contributed by atoms with Gasteiger partial charge in [0, 0.05) is 25.7 Å². The Morgan fingerprint density at radius 1 is 1.24 bits per heavy atom. The predicted octanol–water partition coefficient (Wildman–Crippen LogP) is 3.48. The third kappa shape index (κ3) is 2.02. The van der Waals surface area contributed by atoms with Gasteiger partial charge in [-0.15, -0.1) is 0 Å². The number of halogens is 2. The van der Waals surface area contributed by atoms with Gasteiger partial charge in [0.2, 0.25) is 0 Å². The molecule has 3 nitrogen and oxygen atoms in total. The van der Waals surface area contributed by atoms with Gasteiger partial charge in [0.1, 0.15) is 6.07 Å². The van der Waals surface area contributed by atoms with E-state index >= 15 is 0 Å². The molecule has 0 aliphatic rings. The number of hydrogen-bond acceptors (Lipinski definition) is 3. The third-order valence-electron chi connectivity index (χ3n) is 2.45. The van der Waals surface area contributed by atoms with Crippen LogP contribution < -0.4 is 4.90 Å². The van der Waals surface area contributed by atoms with Crippen LogP contribution in [0.4, 0.5) is 5.69 Å². The van der Waals surface area contributed by atoms with Crippen molar-refractivity contribution < 1.29 is 0 Å². The smallest absolute Gasteiger partial charge is 0.103 e. The number of rotatable bonds is 1. The number of aromatic nitrogens is 1. The van der Waals surface area contributed by atoms with Crippen molar-refractivity contribution in [1.82, 2.24) is 4.98 Å². The van der Waals surface area contributed by atoms with E-state index in [4.69, 9.17) is 28.5 Å². The second-order valence-corrected chi connectivity index (χ2v) is 4.62. The van der Waals surface area contributed by atoms with E-state index in [2.05, 4.69) is 11.1 Å². The summed E-state index contributed by atoms with van der Waals surface area (Å²) in [6.07, 6.45) is 1.54. The predicted molar refractivity (Wildman–Crippen MR) is 70.8 cm³/mol. The summed E-state index contributed by atoms with van der Waals surface area (Å²) in [6.45, 7) is 0. The highest BCUT2D eigenvalue weighted by atomic mass is 35.5. The normalized spacial score (nSPS) is 10.3. The van der Waals surface area contributed by atoms with Crippen molar-refractivity contribution in [3.05, 3.63) is 33.9 Å². The Bertz CT molecular complexity index is 630. The van der Waals surface area contributed by atoms with E-state index < -0.39 is 0 Å². The number of pyridine rings is 1. The molecule has 1 aromatic heterocycles. The highest BCUT2D eigenvalue weighted by molar-refractivity contribution is 6.42. The summed E-state index contributed by atoms with van der Waals surface area (Å²) in [5.74, 6) is 0. The number of nitriles is 1. The number of benzene rings is 1. The van der Waals surface area contributed by atoms with E-state index in [1.807, 2.05) is 19.0 Å². The van der Waals surface area contributed by atoms with E-state index in [0.29, 0.717) is 15.6 Å². The zero-order valence-electron chi connectivity index (χ0n) is 9.33. The maximum absolute atomic E-state index is 9.07. The van der Waals surface area contributed by atoms with Crippen LogP contribution in [0.1, 0.15) is 5.56 Å². The highest BCUT2D eigenvalue weighted by Gasteiger charge is 2.12. The van der Waals surface area contributed by atoms with Gasteiger partial charge in [-0.05, 0) is 12.1 Å². The second kappa shape index (κ2) is 4.40.